The molecule has 0 saturated heterocycles. The number of para-hydroxylation sites is 1. The fourth-order valence-corrected chi connectivity index (χ4v) is 2.71. The topological polar surface area (TPSA) is 71.6 Å². The Bertz CT molecular complexity index is 938. The van der Waals surface area contributed by atoms with Gasteiger partial charge in [0.2, 0.25) is 0 Å². The highest BCUT2D eigenvalue weighted by molar-refractivity contribution is 9.10. The van der Waals surface area contributed by atoms with Gasteiger partial charge in [0.1, 0.15) is 5.69 Å². The lowest BCUT2D eigenvalue weighted by molar-refractivity contribution is -0.384. The molecule has 24 heavy (non-hydrogen) atoms. The van der Waals surface area contributed by atoms with E-state index in [1.807, 2.05) is 30.3 Å². The van der Waals surface area contributed by atoms with Crippen LogP contribution >= 0.6 is 15.9 Å². The molecule has 0 aliphatic heterocycles. The molecule has 0 atom stereocenters. The van der Waals surface area contributed by atoms with Crippen LogP contribution in [-0.2, 0) is 0 Å². The average Bonchev–Trinajstić information content (AvgIpc) is 2.59. The fraction of sp³-hybridized carbons (Fsp3) is 0.0588. The Balaban J connectivity index is 1.96. The lowest BCUT2D eigenvalue weighted by Crippen LogP contribution is -2.11. The van der Waals surface area contributed by atoms with Crippen LogP contribution in [0.5, 0.6) is 0 Å². The van der Waals surface area contributed by atoms with E-state index in [0.717, 1.165) is 16.5 Å². The molecule has 7 heteroatoms. The number of nitrogens with zero attached hydrogens (tertiary/aromatic N) is 4. The maximum absolute atomic E-state index is 11.2. The smallest absolute Gasteiger partial charge is 0.262 e. The molecule has 0 bridgehead atoms. The van der Waals surface area contributed by atoms with Crippen molar-refractivity contribution in [2.24, 2.45) is 5.10 Å². The van der Waals surface area contributed by atoms with Crippen molar-refractivity contribution in [3.8, 4) is 0 Å². The molecule has 1 aromatic heterocycles. The summed E-state index contributed by atoms with van der Waals surface area (Å²) in [4.78, 5) is 15.1. The maximum atomic E-state index is 11.2. The second-order valence-electron chi connectivity index (χ2n) is 5.08. The lowest BCUT2D eigenvalue weighted by atomic mass is 10.1. The van der Waals surface area contributed by atoms with Gasteiger partial charge in [-0.3, -0.25) is 20.1 Å². The number of benzene rings is 2. The Hall–Kier alpha value is -2.80. The van der Waals surface area contributed by atoms with Gasteiger partial charge in [0.25, 0.3) is 5.69 Å². The second kappa shape index (κ2) is 6.76. The number of halogens is 1. The summed E-state index contributed by atoms with van der Waals surface area (Å²) in [5.74, 6) is 0. The predicted molar refractivity (Wildman–Crippen MR) is 98.5 cm³/mol. The molecule has 0 spiro atoms. The van der Waals surface area contributed by atoms with Crippen LogP contribution in [0, 0.1) is 10.1 Å². The van der Waals surface area contributed by atoms with Crippen LogP contribution in [0.25, 0.3) is 10.9 Å². The minimum atomic E-state index is -0.423. The number of hydrogen-bond acceptors (Lipinski definition) is 5. The van der Waals surface area contributed by atoms with Crippen molar-refractivity contribution in [3.05, 3.63) is 74.9 Å². The van der Waals surface area contributed by atoms with Gasteiger partial charge >= 0.3 is 0 Å². The van der Waals surface area contributed by atoms with Gasteiger partial charge < -0.3 is 0 Å². The molecule has 0 aliphatic rings. The third kappa shape index (κ3) is 3.26. The second-order valence-corrected chi connectivity index (χ2v) is 5.99. The van der Waals surface area contributed by atoms with Crippen molar-refractivity contribution in [1.82, 2.24) is 4.98 Å². The number of anilines is 1. The Kier molecular flexibility index (Phi) is 4.52. The van der Waals surface area contributed by atoms with Crippen molar-refractivity contribution in [3.63, 3.8) is 0 Å². The van der Waals surface area contributed by atoms with E-state index in [9.17, 15) is 10.1 Å². The summed E-state index contributed by atoms with van der Waals surface area (Å²) < 4.78 is 0.649. The summed E-state index contributed by atoms with van der Waals surface area (Å²) in [6.45, 7) is 0. The largest absolute Gasteiger partial charge is 0.295 e. The lowest BCUT2D eigenvalue weighted by Gasteiger charge is -2.13. The summed E-state index contributed by atoms with van der Waals surface area (Å²) in [5, 5.41) is 18.0. The molecule has 6 nitrogen and oxygen atoms in total. The van der Waals surface area contributed by atoms with Gasteiger partial charge in [-0.15, -0.1) is 0 Å². The Morgan fingerprint density at radius 2 is 2.04 bits per heavy atom. The van der Waals surface area contributed by atoms with Gasteiger partial charge in [0.15, 0.2) is 0 Å². The van der Waals surface area contributed by atoms with Crippen LogP contribution in [0.1, 0.15) is 5.56 Å². The summed E-state index contributed by atoms with van der Waals surface area (Å²) in [7, 11) is 1.68. The van der Waals surface area contributed by atoms with E-state index in [2.05, 4.69) is 26.0 Å². The summed E-state index contributed by atoms with van der Waals surface area (Å²) in [6.07, 6.45) is 3.39. The standard InChI is InChI=1S/C17H13BrN4O2/c1-21(16-7-6-13(18)10-17(16)22(23)24)20-11-12-8-9-19-15-5-3-2-4-14(12)15/h2-11H,1H3/b20-11+. The van der Waals surface area contributed by atoms with Gasteiger partial charge in [0, 0.05) is 34.7 Å². The normalized spacial score (nSPS) is 11.1. The third-order valence-corrected chi connectivity index (χ3v) is 4.03. The predicted octanol–water partition coefficient (Wildman–Crippen LogP) is 4.38. The fourth-order valence-electron chi connectivity index (χ4n) is 2.36. The molecule has 3 rings (SSSR count). The van der Waals surface area contributed by atoms with Gasteiger partial charge in [0.05, 0.1) is 16.7 Å². The number of nitro benzene ring substituents is 1. The van der Waals surface area contributed by atoms with Crippen molar-refractivity contribution in [1.29, 1.82) is 0 Å². The first-order valence-corrected chi connectivity index (χ1v) is 7.91. The molecule has 2 aromatic carbocycles. The molecule has 0 aliphatic carbocycles. The highest BCUT2D eigenvalue weighted by Gasteiger charge is 2.17. The first kappa shape index (κ1) is 16.1. The summed E-state index contributed by atoms with van der Waals surface area (Å²) >= 11 is 3.25. The third-order valence-electron chi connectivity index (χ3n) is 3.54. The quantitative estimate of drug-likeness (QED) is 0.380. The van der Waals surface area contributed by atoms with E-state index >= 15 is 0 Å². The van der Waals surface area contributed by atoms with E-state index in [1.54, 1.807) is 31.6 Å². The van der Waals surface area contributed by atoms with E-state index in [1.165, 1.54) is 11.1 Å². The molecule has 0 amide bonds. The van der Waals surface area contributed by atoms with Crippen LogP contribution in [0.4, 0.5) is 11.4 Å². The van der Waals surface area contributed by atoms with Gasteiger partial charge in [-0.25, -0.2) is 0 Å². The van der Waals surface area contributed by atoms with Crippen molar-refractivity contribution >= 4 is 44.4 Å². The number of hydrazone groups is 1. The molecule has 3 aromatic rings. The Morgan fingerprint density at radius 1 is 1.25 bits per heavy atom. The number of nitro groups is 1. The zero-order valence-electron chi connectivity index (χ0n) is 12.8. The number of fused-ring (bicyclic) bond motifs is 1. The number of pyridine rings is 1. The molecule has 0 unspecified atom stereocenters. The van der Waals surface area contributed by atoms with Crippen LogP contribution < -0.4 is 5.01 Å². The molecule has 1 heterocycles. The summed E-state index contributed by atoms with van der Waals surface area (Å²) in [6, 6.07) is 14.5. The molecule has 0 N–H and O–H groups in total. The Labute approximate surface area is 146 Å². The van der Waals surface area contributed by atoms with Crippen LogP contribution in [0.3, 0.4) is 0 Å². The van der Waals surface area contributed by atoms with E-state index in [-0.39, 0.29) is 5.69 Å². The zero-order chi connectivity index (χ0) is 17.1. The van der Waals surface area contributed by atoms with Crippen LogP contribution in [0.2, 0.25) is 0 Å². The van der Waals surface area contributed by atoms with Gasteiger partial charge in [-0.1, -0.05) is 34.1 Å². The van der Waals surface area contributed by atoms with E-state index in [4.69, 9.17) is 0 Å². The van der Waals surface area contributed by atoms with Gasteiger partial charge in [-0.2, -0.15) is 5.10 Å². The number of aromatic nitrogens is 1. The first-order valence-electron chi connectivity index (χ1n) is 7.11. The van der Waals surface area contributed by atoms with E-state index < -0.39 is 4.92 Å². The molecular formula is C17H13BrN4O2. The minimum Gasteiger partial charge on any atom is -0.262 e. The molecule has 0 radical (unpaired) electrons. The van der Waals surface area contributed by atoms with Gasteiger partial charge in [-0.05, 0) is 24.3 Å². The minimum absolute atomic E-state index is 0.0105. The summed E-state index contributed by atoms with van der Waals surface area (Å²) in [5.41, 5.74) is 2.17. The van der Waals surface area contributed by atoms with Crippen molar-refractivity contribution in [2.45, 2.75) is 0 Å². The highest BCUT2D eigenvalue weighted by Crippen LogP contribution is 2.30. The zero-order valence-corrected chi connectivity index (χ0v) is 14.3. The van der Waals surface area contributed by atoms with E-state index in [0.29, 0.717) is 10.2 Å². The molecule has 0 saturated carbocycles. The first-order chi connectivity index (χ1) is 11.6. The Morgan fingerprint density at radius 3 is 2.83 bits per heavy atom. The SMILES string of the molecule is CN(/N=C/c1ccnc2ccccc12)c1ccc(Br)cc1[N+](=O)[O-]. The van der Waals surface area contributed by atoms with Crippen molar-refractivity contribution < 1.29 is 4.92 Å². The monoisotopic (exact) mass is 384 g/mol. The average molecular weight is 385 g/mol. The van der Waals surface area contributed by atoms with Crippen LogP contribution in [-0.4, -0.2) is 23.2 Å². The molecular weight excluding hydrogens is 372 g/mol. The highest BCUT2D eigenvalue weighted by atomic mass is 79.9. The molecule has 120 valence electrons. The maximum Gasteiger partial charge on any atom is 0.295 e. The van der Waals surface area contributed by atoms with Crippen molar-refractivity contribution in [2.75, 3.05) is 12.1 Å². The molecule has 0 fully saturated rings. The number of rotatable bonds is 4. The number of hydrogen-bond donors (Lipinski definition) is 0. The van der Waals surface area contributed by atoms with Crippen LogP contribution in [0.15, 0.2) is 64.3 Å².